The molecule has 1 aliphatic heterocycles. The summed E-state index contributed by atoms with van der Waals surface area (Å²) >= 11 is 3.13. The molecule has 0 spiro atoms. The molecule has 0 radical (unpaired) electrons. The third-order valence-electron chi connectivity index (χ3n) is 2.24. The lowest BCUT2D eigenvalue weighted by Gasteiger charge is -2.12. The standard InChI is InChI=1S/C12H10BrFO3/c13-9-4-10(14)6-11(5-9)17-12(15)8-2-1-3-16-7-8/h4-7H,1-3H2. The summed E-state index contributed by atoms with van der Waals surface area (Å²) in [6.45, 7) is 0.613. The number of hydrogen-bond acceptors (Lipinski definition) is 3. The monoisotopic (exact) mass is 300 g/mol. The van der Waals surface area contributed by atoms with Gasteiger partial charge in [0.1, 0.15) is 11.6 Å². The lowest BCUT2D eigenvalue weighted by Crippen LogP contribution is -2.14. The highest BCUT2D eigenvalue weighted by Crippen LogP contribution is 2.22. The highest BCUT2D eigenvalue weighted by molar-refractivity contribution is 9.10. The molecule has 90 valence electrons. The largest absolute Gasteiger partial charge is 0.501 e. The van der Waals surface area contributed by atoms with E-state index in [4.69, 9.17) is 9.47 Å². The van der Waals surface area contributed by atoms with Gasteiger partial charge < -0.3 is 9.47 Å². The van der Waals surface area contributed by atoms with E-state index in [0.717, 1.165) is 12.5 Å². The number of benzene rings is 1. The predicted octanol–water partition coefficient (Wildman–Crippen LogP) is 3.19. The van der Waals surface area contributed by atoms with E-state index in [0.29, 0.717) is 23.1 Å². The highest BCUT2D eigenvalue weighted by Gasteiger charge is 2.16. The van der Waals surface area contributed by atoms with Gasteiger partial charge in [0, 0.05) is 10.5 Å². The van der Waals surface area contributed by atoms with Gasteiger partial charge in [0.15, 0.2) is 0 Å². The average molecular weight is 301 g/mol. The maximum atomic E-state index is 13.1. The van der Waals surface area contributed by atoms with Crippen LogP contribution in [0.3, 0.4) is 0 Å². The summed E-state index contributed by atoms with van der Waals surface area (Å²) < 4.78 is 23.7. The Morgan fingerprint density at radius 1 is 1.41 bits per heavy atom. The molecule has 1 aliphatic rings. The molecule has 1 heterocycles. The van der Waals surface area contributed by atoms with Crippen molar-refractivity contribution in [3.8, 4) is 5.75 Å². The summed E-state index contributed by atoms with van der Waals surface area (Å²) in [7, 11) is 0. The smallest absolute Gasteiger partial charge is 0.342 e. The van der Waals surface area contributed by atoms with E-state index in [1.165, 1.54) is 18.4 Å². The summed E-state index contributed by atoms with van der Waals surface area (Å²) in [5, 5.41) is 0. The highest BCUT2D eigenvalue weighted by atomic mass is 79.9. The Bertz CT molecular complexity index is 451. The normalized spacial score (nSPS) is 14.8. The van der Waals surface area contributed by atoms with Gasteiger partial charge in [-0.05, 0) is 25.0 Å². The van der Waals surface area contributed by atoms with Gasteiger partial charge in [0.25, 0.3) is 0 Å². The molecular formula is C12H10BrFO3. The van der Waals surface area contributed by atoms with E-state index < -0.39 is 11.8 Å². The van der Waals surface area contributed by atoms with Crippen molar-refractivity contribution >= 4 is 21.9 Å². The van der Waals surface area contributed by atoms with Gasteiger partial charge in [-0.15, -0.1) is 0 Å². The van der Waals surface area contributed by atoms with Crippen molar-refractivity contribution in [2.24, 2.45) is 0 Å². The van der Waals surface area contributed by atoms with Crippen LogP contribution >= 0.6 is 15.9 Å². The predicted molar refractivity (Wildman–Crippen MR) is 63.0 cm³/mol. The number of hydrogen-bond donors (Lipinski definition) is 0. The van der Waals surface area contributed by atoms with Crippen molar-refractivity contribution in [2.75, 3.05) is 6.61 Å². The van der Waals surface area contributed by atoms with Crippen molar-refractivity contribution in [3.63, 3.8) is 0 Å². The van der Waals surface area contributed by atoms with E-state index in [-0.39, 0.29) is 5.75 Å². The van der Waals surface area contributed by atoms with Crippen LogP contribution < -0.4 is 4.74 Å². The second kappa shape index (κ2) is 5.31. The number of esters is 1. The molecule has 0 aliphatic carbocycles. The van der Waals surface area contributed by atoms with Crippen molar-refractivity contribution in [1.29, 1.82) is 0 Å². The molecule has 3 nitrogen and oxygen atoms in total. The molecule has 1 aromatic rings. The second-order valence-electron chi connectivity index (χ2n) is 3.61. The van der Waals surface area contributed by atoms with Crippen molar-refractivity contribution in [3.05, 3.63) is 40.3 Å². The summed E-state index contributed by atoms with van der Waals surface area (Å²) in [5.74, 6) is -0.786. The Balaban J connectivity index is 2.09. The van der Waals surface area contributed by atoms with Crippen LogP contribution in [0.25, 0.3) is 0 Å². The van der Waals surface area contributed by atoms with Gasteiger partial charge in [0.05, 0.1) is 18.4 Å². The third kappa shape index (κ3) is 3.30. The average Bonchev–Trinajstić information content (AvgIpc) is 2.28. The fourth-order valence-corrected chi connectivity index (χ4v) is 1.92. The molecule has 2 rings (SSSR count). The Morgan fingerprint density at radius 2 is 2.24 bits per heavy atom. The molecule has 0 saturated heterocycles. The summed E-state index contributed by atoms with van der Waals surface area (Å²) in [4.78, 5) is 11.7. The lowest BCUT2D eigenvalue weighted by atomic mass is 10.1. The fraction of sp³-hybridized carbons (Fsp3) is 0.250. The minimum absolute atomic E-state index is 0.174. The van der Waals surface area contributed by atoms with Crippen LogP contribution in [-0.2, 0) is 9.53 Å². The third-order valence-corrected chi connectivity index (χ3v) is 2.70. The van der Waals surface area contributed by atoms with Crippen LogP contribution in [0.5, 0.6) is 5.75 Å². The molecule has 0 aromatic heterocycles. The van der Waals surface area contributed by atoms with E-state index in [2.05, 4.69) is 15.9 Å². The minimum Gasteiger partial charge on any atom is -0.501 e. The Labute approximate surface area is 106 Å². The van der Waals surface area contributed by atoms with Crippen molar-refractivity contribution in [2.45, 2.75) is 12.8 Å². The molecule has 0 fully saturated rings. The summed E-state index contributed by atoms with van der Waals surface area (Å²) in [5.41, 5.74) is 0.469. The maximum Gasteiger partial charge on any atom is 0.342 e. The summed E-state index contributed by atoms with van der Waals surface area (Å²) in [6.07, 6.45) is 2.81. The zero-order chi connectivity index (χ0) is 12.3. The molecule has 0 atom stereocenters. The van der Waals surface area contributed by atoms with Gasteiger partial charge in [-0.25, -0.2) is 9.18 Å². The first kappa shape index (κ1) is 12.1. The van der Waals surface area contributed by atoms with Gasteiger partial charge in [-0.3, -0.25) is 0 Å². The van der Waals surface area contributed by atoms with Gasteiger partial charge in [-0.1, -0.05) is 15.9 Å². The molecule has 5 heteroatoms. The Hall–Kier alpha value is -1.36. The van der Waals surface area contributed by atoms with E-state index in [1.807, 2.05) is 0 Å². The van der Waals surface area contributed by atoms with Crippen molar-refractivity contribution < 1.29 is 18.7 Å². The van der Waals surface area contributed by atoms with Crippen LogP contribution in [0.1, 0.15) is 12.8 Å². The lowest BCUT2D eigenvalue weighted by molar-refractivity contribution is -0.130. The Morgan fingerprint density at radius 3 is 2.88 bits per heavy atom. The molecule has 17 heavy (non-hydrogen) atoms. The van der Waals surface area contributed by atoms with E-state index in [1.54, 1.807) is 0 Å². The summed E-state index contributed by atoms with van der Waals surface area (Å²) in [6, 6.07) is 3.98. The number of halogens is 2. The van der Waals surface area contributed by atoms with Crippen LogP contribution in [0.2, 0.25) is 0 Å². The molecule has 0 unspecified atom stereocenters. The van der Waals surface area contributed by atoms with E-state index >= 15 is 0 Å². The molecule has 0 bridgehead atoms. The van der Waals surface area contributed by atoms with Gasteiger partial charge in [0.2, 0.25) is 0 Å². The zero-order valence-electron chi connectivity index (χ0n) is 8.91. The van der Waals surface area contributed by atoms with Crippen LogP contribution in [0.4, 0.5) is 4.39 Å². The maximum absolute atomic E-state index is 13.1. The number of rotatable bonds is 2. The zero-order valence-corrected chi connectivity index (χ0v) is 10.5. The molecular weight excluding hydrogens is 291 g/mol. The number of carbonyl (C=O) groups is 1. The molecule has 1 aromatic carbocycles. The first-order valence-electron chi connectivity index (χ1n) is 5.14. The molecule has 0 saturated carbocycles. The fourth-order valence-electron chi connectivity index (χ4n) is 1.47. The SMILES string of the molecule is O=C(Oc1cc(F)cc(Br)c1)C1=COCCC1. The van der Waals surface area contributed by atoms with Crippen LogP contribution in [0.15, 0.2) is 34.5 Å². The first-order chi connectivity index (χ1) is 8.15. The quantitative estimate of drug-likeness (QED) is 0.621. The number of ether oxygens (including phenoxy) is 2. The van der Waals surface area contributed by atoms with Crippen LogP contribution in [0, 0.1) is 5.82 Å². The first-order valence-corrected chi connectivity index (χ1v) is 5.93. The number of carbonyl (C=O) groups excluding carboxylic acids is 1. The molecule has 0 N–H and O–H groups in total. The van der Waals surface area contributed by atoms with E-state index in [9.17, 15) is 9.18 Å². The minimum atomic E-state index is -0.498. The second-order valence-corrected chi connectivity index (χ2v) is 4.53. The topological polar surface area (TPSA) is 35.5 Å². The van der Waals surface area contributed by atoms with Gasteiger partial charge >= 0.3 is 5.97 Å². The van der Waals surface area contributed by atoms with Crippen LogP contribution in [-0.4, -0.2) is 12.6 Å². The van der Waals surface area contributed by atoms with Gasteiger partial charge in [-0.2, -0.15) is 0 Å². The Kier molecular flexibility index (Phi) is 3.78. The van der Waals surface area contributed by atoms with Crippen molar-refractivity contribution in [1.82, 2.24) is 0 Å². The molecule has 0 amide bonds.